The minimum Gasteiger partial charge on any atom is -0.391 e. The topological polar surface area (TPSA) is 177 Å². The van der Waals surface area contributed by atoms with E-state index in [0.717, 1.165) is 0 Å². The van der Waals surface area contributed by atoms with Gasteiger partial charge in [-0.1, -0.05) is 0 Å². The Morgan fingerprint density at radius 3 is 2.24 bits per heavy atom. The normalized spacial score (nSPS) is 51.9. The zero-order chi connectivity index (χ0) is 15.7. The van der Waals surface area contributed by atoms with E-state index in [1.54, 1.807) is 0 Å². The maximum absolute atomic E-state index is 9.93. The number of ether oxygens (including phenoxy) is 2. The summed E-state index contributed by atoms with van der Waals surface area (Å²) in [5.74, 6) is 0. The van der Waals surface area contributed by atoms with E-state index in [4.69, 9.17) is 26.7 Å². The molecule has 10 N–H and O–H groups in total. The van der Waals surface area contributed by atoms with Gasteiger partial charge in [0.1, 0.15) is 24.4 Å². The molecule has 1 saturated heterocycles. The Kier molecular flexibility index (Phi) is 5.52. The quantitative estimate of drug-likeness (QED) is 0.273. The van der Waals surface area contributed by atoms with Crippen molar-refractivity contribution < 1.29 is 29.9 Å². The summed E-state index contributed by atoms with van der Waals surface area (Å²) >= 11 is 0. The van der Waals surface area contributed by atoms with Gasteiger partial charge in [0.25, 0.3) is 0 Å². The van der Waals surface area contributed by atoms with Crippen molar-refractivity contribution in [2.45, 2.75) is 67.8 Å². The van der Waals surface area contributed by atoms with Crippen LogP contribution < -0.4 is 17.2 Å². The average molecular weight is 307 g/mol. The second-order valence-electron chi connectivity index (χ2n) is 5.79. The van der Waals surface area contributed by atoms with E-state index in [1.165, 1.54) is 0 Å². The molecule has 0 aromatic rings. The summed E-state index contributed by atoms with van der Waals surface area (Å²) in [6.45, 7) is -0.0327. The molecule has 9 atom stereocenters. The van der Waals surface area contributed by atoms with E-state index in [2.05, 4.69) is 0 Å². The highest BCUT2D eigenvalue weighted by molar-refractivity contribution is 4.94. The molecule has 2 fully saturated rings. The van der Waals surface area contributed by atoms with Crippen molar-refractivity contribution in [2.75, 3.05) is 6.54 Å². The van der Waals surface area contributed by atoms with Crippen molar-refractivity contribution >= 4 is 0 Å². The van der Waals surface area contributed by atoms with Crippen LogP contribution in [-0.4, -0.2) is 82.0 Å². The molecule has 0 radical (unpaired) electrons. The van der Waals surface area contributed by atoms with Crippen molar-refractivity contribution in [3.8, 4) is 0 Å². The van der Waals surface area contributed by atoms with Gasteiger partial charge in [-0.05, 0) is 6.42 Å². The first-order valence-electron chi connectivity index (χ1n) is 7.09. The molecule has 1 heterocycles. The van der Waals surface area contributed by atoms with Gasteiger partial charge in [-0.25, -0.2) is 0 Å². The number of aliphatic hydroxyl groups excluding tert-OH is 4. The molecule has 0 amide bonds. The third-order valence-electron chi connectivity index (χ3n) is 4.20. The van der Waals surface area contributed by atoms with Crippen molar-refractivity contribution in [1.82, 2.24) is 0 Å². The molecule has 1 aliphatic heterocycles. The second-order valence-corrected chi connectivity index (χ2v) is 5.79. The Hall–Kier alpha value is -0.360. The Bertz CT molecular complexity index is 347. The minimum absolute atomic E-state index is 0.0327. The summed E-state index contributed by atoms with van der Waals surface area (Å²) in [6, 6.07) is -0.833. The molecule has 0 aromatic carbocycles. The van der Waals surface area contributed by atoms with Gasteiger partial charge in [0.15, 0.2) is 6.29 Å². The van der Waals surface area contributed by atoms with Gasteiger partial charge >= 0.3 is 0 Å². The fourth-order valence-corrected chi connectivity index (χ4v) is 2.76. The number of nitrogens with two attached hydrogens (primary N) is 3. The Morgan fingerprint density at radius 2 is 1.62 bits per heavy atom. The van der Waals surface area contributed by atoms with Crippen LogP contribution in [0.15, 0.2) is 0 Å². The second kappa shape index (κ2) is 6.82. The zero-order valence-corrected chi connectivity index (χ0v) is 11.7. The van der Waals surface area contributed by atoms with E-state index in [9.17, 15) is 20.4 Å². The van der Waals surface area contributed by atoms with Crippen LogP contribution >= 0.6 is 0 Å². The first-order chi connectivity index (χ1) is 9.85. The Morgan fingerprint density at radius 1 is 0.952 bits per heavy atom. The van der Waals surface area contributed by atoms with Gasteiger partial charge < -0.3 is 47.1 Å². The van der Waals surface area contributed by atoms with E-state index in [0.29, 0.717) is 6.42 Å². The van der Waals surface area contributed by atoms with Gasteiger partial charge in [0, 0.05) is 25.0 Å². The molecule has 0 unspecified atom stereocenters. The van der Waals surface area contributed by atoms with Gasteiger partial charge in [0.05, 0.1) is 12.2 Å². The van der Waals surface area contributed by atoms with Crippen molar-refractivity contribution in [3.05, 3.63) is 0 Å². The fourth-order valence-electron chi connectivity index (χ4n) is 2.76. The molecule has 9 nitrogen and oxygen atoms in total. The molecule has 124 valence electrons. The number of hydrogen-bond acceptors (Lipinski definition) is 9. The highest BCUT2D eigenvalue weighted by atomic mass is 16.7. The van der Waals surface area contributed by atoms with Gasteiger partial charge in [-0.15, -0.1) is 0 Å². The van der Waals surface area contributed by atoms with E-state index in [1.807, 2.05) is 0 Å². The summed E-state index contributed by atoms with van der Waals surface area (Å²) in [5, 5.41) is 39.2. The van der Waals surface area contributed by atoms with Crippen LogP contribution in [0.4, 0.5) is 0 Å². The van der Waals surface area contributed by atoms with Crippen LogP contribution in [0.3, 0.4) is 0 Å². The van der Waals surface area contributed by atoms with Crippen LogP contribution in [0.5, 0.6) is 0 Å². The highest BCUT2D eigenvalue weighted by Crippen LogP contribution is 2.27. The number of hydrogen-bond donors (Lipinski definition) is 7. The Labute approximate surface area is 122 Å². The lowest BCUT2D eigenvalue weighted by Crippen LogP contribution is -2.62. The summed E-state index contributed by atoms with van der Waals surface area (Å²) in [4.78, 5) is 0. The number of aliphatic hydroxyl groups is 4. The lowest BCUT2D eigenvalue weighted by Gasteiger charge is -2.43. The van der Waals surface area contributed by atoms with Gasteiger partial charge in [-0.3, -0.25) is 0 Å². The van der Waals surface area contributed by atoms with Crippen LogP contribution in [0.25, 0.3) is 0 Å². The zero-order valence-electron chi connectivity index (χ0n) is 11.7. The molecule has 1 aliphatic carbocycles. The SMILES string of the molecule is NC[C@@H]1O[C@@H](O[C@@H]2C[C@@H](O)[C@H](N)C[C@H]2N)[C@@H](O)[C@H](O)[C@H]1O. The van der Waals surface area contributed by atoms with E-state index < -0.39 is 55.0 Å². The summed E-state index contributed by atoms with van der Waals surface area (Å²) in [6.07, 6.45) is -6.90. The van der Waals surface area contributed by atoms with Crippen LogP contribution in [0.1, 0.15) is 12.8 Å². The minimum atomic E-state index is -1.43. The van der Waals surface area contributed by atoms with E-state index >= 15 is 0 Å². The smallest absolute Gasteiger partial charge is 0.186 e. The van der Waals surface area contributed by atoms with Crippen LogP contribution in [0, 0.1) is 0 Å². The van der Waals surface area contributed by atoms with Crippen LogP contribution in [0.2, 0.25) is 0 Å². The molecule has 0 bridgehead atoms. The first-order valence-corrected chi connectivity index (χ1v) is 7.09. The number of rotatable bonds is 3. The molecule has 0 spiro atoms. The predicted molar refractivity (Wildman–Crippen MR) is 71.8 cm³/mol. The van der Waals surface area contributed by atoms with Crippen molar-refractivity contribution in [2.24, 2.45) is 17.2 Å². The standard InChI is InChI=1S/C12H25N3O6/c13-3-8-9(17)10(18)11(19)12(21-8)20-7-2-6(16)4(14)1-5(7)15/h4-12,16-19H,1-3,13-15H2/t4-,5-,6-,7-,8+,9+,10-,11+,12-/m1/s1. The van der Waals surface area contributed by atoms with Crippen molar-refractivity contribution in [3.63, 3.8) is 0 Å². The third kappa shape index (κ3) is 3.52. The first kappa shape index (κ1) is 17.0. The lowest BCUT2D eigenvalue weighted by atomic mass is 9.87. The maximum atomic E-state index is 9.93. The molecule has 0 aromatic heterocycles. The summed E-state index contributed by atoms with van der Waals surface area (Å²) < 4.78 is 11.0. The maximum Gasteiger partial charge on any atom is 0.186 e. The Balaban J connectivity index is 2.01. The molecule has 1 saturated carbocycles. The monoisotopic (exact) mass is 307 g/mol. The lowest BCUT2D eigenvalue weighted by molar-refractivity contribution is -0.309. The summed E-state index contributed by atoms with van der Waals surface area (Å²) in [5.41, 5.74) is 17.1. The third-order valence-corrected chi connectivity index (χ3v) is 4.20. The molecule has 2 rings (SSSR count). The predicted octanol–water partition coefficient (Wildman–Crippen LogP) is -4.05. The largest absolute Gasteiger partial charge is 0.391 e. The molecule has 21 heavy (non-hydrogen) atoms. The van der Waals surface area contributed by atoms with Crippen molar-refractivity contribution in [1.29, 1.82) is 0 Å². The van der Waals surface area contributed by atoms with Gasteiger partial charge in [-0.2, -0.15) is 0 Å². The van der Waals surface area contributed by atoms with Gasteiger partial charge in [0.2, 0.25) is 0 Å². The molecule has 2 aliphatic rings. The molecule has 9 heteroatoms. The average Bonchev–Trinajstić information content (AvgIpc) is 2.45. The fraction of sp³-hybridized carbons (Fsp3) is 1.00. The molecular formula is C12H25N3O6. The van der Waals surface area contributed by atoms with Crippen LogP contribution in [-0.2, 0) is 9.47 Å². The van der Waals surface area contributed by atoms with E-state index in [-0.39, 0.29) is 13.0 Å². The summed E-state index contributed by atoms with van der Waals surface area (Å²) in [7, 11) is 0. The molecular weight excluding hydrogens is 282 g/mol. The highest BCUT2D eigenvalue weighted by Gasteiger charge is 2.46.